The van der Waals surface area contributed by atoms with Gasteiger partial charge in [0.15, 0.2) is 0 Å². The van der Waals surface area contributed by atoms with Gasteiger partial charge in [0.1, 0.15) is 5.82 Å². The molecule has 0 radical (unpaired) electrons. The van der Waals surface area contributed by atoms with Gasteiger partial charge in [-0.1, -0.05) is 12.1 Å². The third-order valence-corrected chi connectivity index (χ3v) is 4.73. The number of hydrogen-bond donors (Lipinski definition) is 1. The van der Waals surface area contributed by atoms with Gasteiger partial charge in [-0.2, -0.15) is 11.8 Å². The van der Waals surface area contributed by atoms with E-state index in [-0.39, 0.29) is 11.9 Å². The molecule has 4 heteroatoms. The first kappa shape index (κ1) is 13.8. The minimum atomic E-state index is -0.125. The summed E-state index contributed by atoms with van der Waals surface area (Å²) in [6.07, 6.45) is 0. The standard InChI is InChI=1S/C14H21FN2S/c1-10-8-11(4-5-12(10)15)14(16-2)13-9-18-7-6-17(13)3/h4-5,8,13-14,16H,6-7,9H2,1-3H3. The first-order valence-electron chi connectivity index (χ1n) is 6.34. The van der Waals surface area contributed by atoms with Crippen LogP contribution in [0.5, 0.6) is 0 Å². The Balaban J connectivity index is 2.23. The fourth-order valence-electron chi connectivity index (χ4n) is 2.50. The van der Waals surface area contributed by atoms with Gasteiger partial charge in [-0.25, -0.2) is 4.39 Å². The Labute approximate surface area is 113 Å². The number of likely N-dealkylation sites (N-methyl/N-ethyl adjacent to an activating group) is 2. The number of nitrogens with one attached hydrogen (secondary N) is 1. The van der Waals surface area contributed by atoms with Crippen molar-refractivity contribution in [3.63, 3.8) is 0 Å². The Bertz CT molecular complexity index is 411. The third-order valence-electron chi connectivity index (χ3n) is 3.68. The lowest BCUT2D eigenvalue weighted by molar-refractivity contribution is 0.221. The molecule has 0 aromatic heterocycles. The first-order valence-corrected chi connectivity index (χ1v) is 7.50. The second kappa shape index (κ2) is 6.04. The Hall–Kier alpha value is -0.580. The van der Waals surface area contributed by atoms with Crippen molar-refractivity contribution in [2.45, 2.75) is 19.0 Å². The minimum Gasteiger partial charge on any atom is -0.312 e. The van der Waals surface area contributed by atoms with E-state index in [0.29, 0.717) is 6.04 Å². The van der Waals surface area contributed by atoms with Gasteiger partial charge in [0.2, 0.25) is 0 Å². The number of thioether (sulfide) groups is 1. The van der Waals surface area contributed by atoms with Crippen LogP contribution >= 0.6 is 11.8 Å². The van der Waals surface area contributed by atoms with Crippen LogP contribution in [0.2, 0.25) is 0 Å². The number of rotatable bonds is 3. The van der Waals surface area contributed by atoms with Gasteiger partial charge in [-0.15, -0.1) is 0 Å². The van der Waals surface area contributed by atoms with Crippen molar-refractivity contribution >= 4 is 11.8 Å². The van der Waals surface area contributed by atoms with Crippen LogP contribution in [0, 0.1) is 12.7 Å². The number of halogens is 1. The summed E-state index contributed by atoms with van der Waals surface area (Å²) in [6.45, 7) is 2.94. The van der Waals surface area contributed by atoms with Crippen LogP contribution in [0.25, 0.3) is 0 Å². The molecule has 1 aliphatic heterocycles. The highest BCUT2D eigenvalue weighted by atomic mass is 32.2. The maximum atomic E-state index is 13.4. The molecular formula is C14H21FN2S. The molecule has 1 heterocycles. The smallest absolute Gasteiger partial charge is 0.126 e. The summed E-state index contributed by atoms with van der Waals surface area (Å²) < 4.78 is 13.4. The van der Waals surface area contributed by atoms with Crippen LogP contribution in [-0.4, -0.2) is 43.1 Å². The topological polar surface area (TPSA) is 15.3 Å². The normalized spacial score (nSPS) is 23.0. The zero-order valence-electron chi connectivity index (χ0n) is 11.2. The lowest BCUT2D eigenvalue weighted by Crippen LogP contribution is -2.47. The fourth-order valence-corrected chi connectivity index (χ4v) is 3.77. The molecule has 1 N–H and O–H groups in total. The maximum Gasteiger partial charge on any atom is 0.126 e. The molecule has 0 aliphatic carbocycles. The van der Waals surface area contributed by atoms with E-state index in [9.17, 15) is 4.39 Å². The molecule has 2 rings (SSSR count). The number of aryl methyl sites for hydroxylation is 1. The average molecular weight is 268 g/mol. The SMILES string of the molecule is CNC(c1ccc(F)c(C)c1)C1CSCCN1C. The highest BCUT2D eigenvalue weighted by molar-refractivity contribution is 7.99. The van der Waals surface area contributed by atoms with E-state index in [2.05, 4.69) is 17.3 Å². The second-order valence-electron chi connectivity index (χ2n) is 4.90. The van der Waals surface area contributed by atoms with Crippen molar-refractivity contribution in [1.82, 2.24) is 10.2 Å². The zero-order valence-corrected chi connectivity index (χ0v) is 12.1. The first-order chi connectivity index (χ1) is 8.63. The molecule has 1 fully saturated rings. The van der Waals surface area contributed by atoms with Crippen LogP contribution in [0.4, 0.5) is 4.39 Å². The quantitative estimate of drug-likeness (QED) is 0.906. The molecule has 1 aromatic carbocycles. The van der Waals surface area contributed by atoms with Crippen molar-refractivity contribution in [1.29, 1.82) is 0 Å². The molecule has 0 saturated carbocycles. The highest BCUT2D eigenvalue weighted by Crippen LogP contribution is 2.27. The molecule has 2 atom stereocenters. The van der Waals surface area contributed by atoms with E-state index < -0.39 is 0 Å². The van der Waals surface area contributed by atoms with Crippen LogP contribution in [0.3, 0.4) is 0 Å². The maximum absolute atomic E-state index is 13.4. The van der Waals surface area contributed by atoms with Gasteiger partial charge in [0, 0.05) is 30.1 Å². The Kier molecular flexibility index (Phi) is 4.65. The summed E-state index contributed by atoms with van der Waals surface area (Å²) in [4.78, 5) is 2.40. The Morgan fingerprint density at radius 1 is 1.50 bits per heavy atom. The van der Waals surface area contributed by atoms with Crippen molar-refractivity contribution in [3.05, 3.63) is 35.1 Å². The molecule has 2 nitrogen and oxygen atoms in total. The van der Waals surface area contributed by atoms with E-state index in [1.807, 2.05) is 37.9 Å². The minimum absolute atomic E-state index is 0.125. The molecule has 0 bridgehead atoms. The molecule has 18 heavy (non-hydrogen) atoms. The lowest BCUT2D eigenvalue weighted by Gasteiger charge is -2.38. The highest BCUT2D eigenvalue weighted by Gasteiger charge is 2.28. The van der Waals surface area contributed by atoms with Crippen LogP contribution in [0.1, 0.15) is 17.2 Å². The van der Waals surface area contributed by atoms with Crippen molar-refractivity contribution in [2.24, 2.45) is 0 Å². The Morgan fingerprint density at radius 3 is 2.89 bits per heavy atom. The average Bonchev–Trinajstić information content (AvgIpc) is 2.37. The second-order valence-corrected chi connectivity index (χ2v) is 6.05. The number of nitrogens with zero attached hydrogens (tertiary/aromatic N) is 1. The summed E-state index contributed by atoms with van der Waals surface area (Å²) in [7, 11) is 4.15. The van der Waals surface area contributed by atoms with E-state index in [4.69, 9.17) is 0 Å². The van der Waals surface area contributed by atoms with Crippen LogP contribution in [0.15, 0.2) is 18.2 Å². The van der Waals surface area contributed by atoms with Gasteiger partial charge in [0.05, 0.1) is 0 Å². The van der Waals surface area contributed by atoms with E-state index in [0.717, 1.165) is 17.9 Å². The van der Waals surface area contributed by atoms with E-state index in [1.165, 1.54) is 11.3 Å². The van der Waals surface area contributed by atoms with Gasteiger partial charge < -0.3 is 5.32 Å². The summed E-state index contributed by atoms with van der Waals surface area (Å²) in [6, 6.07) is 6.17. The Morgan fingerprint density at radius 2 is 2.28 bits per heavy atom. The van der Waals surface area contributed by atoms with Gasteiger partial charge in [-0.05, 0) is 38.2 Å². The largest absolute Gasteiger partial charge is 0.312 e. The third kappa shape index (κ3) is 2.87. The molecule has 1 aromatic rings. The monoisotopic (exact) mass is 268 g/mol. The predicted molar refractivity (Wildman–Crippen MR) is 76.7 cm³/mol. The summed E-state index contributed by atoms with van der Waals surface area (Å²) in [5, 5.41) is 3.39. The van der Waals surface area contributed by atoms with Crippen LogP contribution < -0.4 is 5.32 Å². The van der Waals surface area contributed by atoms with Gasteiger partial charge in [-0.3, -0.25) is 4.90 Å². The van der Waals surface area contributed by atoms with Crippen molar-refractivity contribution in [3.8, 4) is 0 Å². The van der Waals surface area contributed by atoms with Crippen molar-refractivity contribution in [2.75, 3.05) is 32.1 Å². The molecule has 0 amide bonds. The van der Waals surface area contributed by atoms with Crippen LogP contribution in [-0.2, 0) is 0 Å². The summed E-state index contributed by atoms with van der Waals surface area (Å²) in [5.41, 5.74) is 1.90. The molecule has 1 aliphatic rings. The molecular weight excluding hydrogens is 247 g/mol. The van der Waals surface area contributed by atoms with E-state index in [1.54, 1.807) is 6.07 Å². The molecule has 1 saturated heterocycles. The van der Waals surface area contributed by atoms with E-state index >= 15 is 0 Å². The number of benzene rings is 1. The number of hydrogen-bond acceptors (Lipinski definition) is 3. The fraction of sp³-hybridized carbons (Fsp3) is 0.571. The predicted octanol–water partition coefficient (Wildman–Crippen LogP) is 2.44. The molecule has 100 valence electrons. The lowest BCUT2D eigenvalue weighted by atomic mass is 9.97. The summed E-state index contributed by atoms with van der Waals surface area (Å²) >= 11 is 2.00. The zero-order chi connectivity index (χ0) is 13.1. The molecule has 0 spiro atoms. The van der Waals surface area contributed by atoms with Gasteiger partial charge >= 0.3 is 0 Å². The summed E-state index contributed by atoms with van der Waals surface area (Å²) in [5.74, 6) is 2.20. The molecule has 2 unspecified atom stereocenters. The van der Waals surface area contributed by atoms with Gasteiger partial charge in [0.25, 0.3) is 0 Å². The van der Waals surface area contributed by atoms with Crippen molar-refractivity contribution < 1.29 is 4.39 Å².